The van der Waals surface area contributed by atoms with Crippen molar-refractivity contribution in [2.45, 2.75) is 20.3 Å². The molecule has 0 aromatic heterocycles. The molecule has 3 nitrogen and oxygen atoms in total. The van der Waals surface area contributed by atoms with Crippen LogP contribution in [0.5, 0.6) is 0 Å². The number of hydrogen-bond donors (Lipinski definition) is 0. The molecular weight excluding hydrogens is 272 g/mol. The van der Waals surface area contributed by atoms with Gasteiger partial charge in [0.2, 0.25) is 0 Å². The second-order valence-corrected chi connectivity index (χ2v) is 6.26. The van der Waals surface area contributed by atoms with Crippen molar-refractivity contribution in [3.63, 3.8) is 0 Å². The van der Waals surface area contributed by atoms with Gasteiger partial charge >= 0.3 is 0 Å². The van der Waals surface area contributed by atoms with Gasteiger partial charge in [-0.25, -0.2) is 0 Å². The Kier molecular flexibility index (Phi) is 5.44. The third kappa shape index (κ3) is 4.22. The summed E-state index contributed by atoms with van der Waals surface area (Å²) in [6, 6.07) is 7.15. The number of benzene rings is 1. The largest absolute Gasteiger partial charge is 0.336 e. The number of halogens is 1. The summed E-state index contributed by atoms with van der Waals surface area (Å²) in [5.74, 6) is 0.855. The molecule has 0 radical (unpaired) electrons. The van der Waals surface area contributed by atoms with Crippen molar-refractivity contribution in [2.75, 3.05) is 32.7 Å². The summed E-state index contributed by atoms with van der Waals surface area (Å²) in [5.41, 5.74) is 0.727. The van der Waals surface area contributed by atoms with E-state index in [2.05, 4.69) is 18.7 Å². The van der Waals surface area contributed by atoms with E-state index in [1.165, 1.54) is 6.42 Å². The maximum atomic E-state index is 12.3. The third-order valence-corrected chi connectivity index (χ3v) is 4.03. The molecule has 0 unspecified atom stereocenters. The molecule has 0 atom stereocenters. The molecule has 110 valence electrons. The van der Waals surface area contributed by atoms with Gasteiger partial charge in [0, 0.05) is 36.8 Å². The van der Waals surface area contributed by atoms with E-state index in [1.54, 1.807) is 24.3 Å². The average Bonchev–Trinajstić information content (AvgIpc) is 2.46. The van der Waals surface area contributed by atoms with E-state index < -0.39 is 0 Å². The molecule has 1 aliphatic rings. The molecule has 1 amide bonds. The summed E-state index contributed by atoms with van der Waals surface area (Å²) >= 11 is 5.85. The van der Waals surface area contributed by atoms with Crippen LogP contribution in [-0.4, -0.2) is 48.4 Å². The number of piperazine rings is 1. The highest BCUT2D eigenvalue weighted by atomic mass is 35.5. The summed E-state index contributed by atoms with van der Waals surface area (Å²) < 4.78 is 0. The number of nitrogens with zero attached hydrogens (tertiary/aromatic N) is 2. The van der Waals surface area contributed by atoms with E-state index >= 15 is 0 Å². The predicted octanol–water partition coefficient (Wildman–Crippen LogP) is 3.14. The Morgan fingerprint density at radius 1 is 1.15 bits per heavy atom. The van der Waals surface area contributed by atoms with E-state index in [0.717, 1.165) is 44.2 Å². The monoisotopic (exact) mass is 294 g/mol. The zero-order valence-corrected chi connectivity index (χ0v) is 13.1. The summed E-state index contributed by atoms with van der Waals surface area (Å²) in [6.07, 6.45) is 1.23. The van der Waals surface area contributed by atoms with Crippen LogP contribution in [0.2, 0.25) is 5.02 Å². The average molecular weight is 295 g/mol. The van der Waals surface area contributed by atoms with E-state index in [0.29, 0.717) is 5.02 Å². The Bertz CT molecular complexity index is 436. The molecule has 1 aliphatic heterocycles. The Balaban J connectivity index is 1.84. The zero-order valence-electron chi connectivity index (χ0n) is 12.3. The first-order valence-corrected chi connectivity index (χ1v) is 7.71. The van der Waals surface area contributed by atoms with E-state index in [9.17, 15) is 4.79 Å². The number of amides is 1. The van der Waals surface area contributed by atoms with Crippen LogP contribution in [0.4, 0.5) is 0 Å². The van der Waals surface area contributed by atoms with Crippen molar-refractivity contribution in [3.8, 4) is 0 Å². The van der Waals surface area contributed by atoms with Gasteiger partial charge in [-0.05, 0) is 43.1 Å². The maximum Gasteiger partial charge on any atom is 0.253 e. The first kappa shape index (κ1) is 15.3. The second-order valence-electron chi connectivity index (χ2n) is 5.82. The minimum Gasteiger partial charge on any atom is -0.336 e. The van der Waals surface area contributed by atoms with Crippen LogP contribution in [0, 0.1) is 5.92 Å². The fourth-order valence-electron chi connectivity index (χ4n) is 2.39. The van der Waals surface area contributed by atoms with Crippen molar-refractivity contribution in [3.05, 3.63) is 34.9 Å². The van der Waals surface area contributed by atoms with Gasteiger partial charge < -0.3 is 4.90 Å². The van der Waals surface area contributed by atoms with Crippen LogP contribution in [-0.2, 0) is 0 Å². The summed E-state index contributed by atoms with van der Waals surface area (Å²) in [6.45, 7) is 9.23. The van der Waals surface area contributed by atoms with Gasteiger partial charge in [0.1, 0.15) is 0 Å². The van der Waals surface area contributed by atoms with Crippen molar-refractivity contribution in [1.82, 2.24) is 9.80 Å². The molecule has 1 fully saturated rings. The molecule has 2 rings (SSSR count). The van der Waals surface area contributed by atoms with Crippen molar-refractivity contribution < 1.29 is 4.79 Å². The molecule has 1 aromatic carbocycles. The Morgan fingerprint density at radius 3 is 2.30 bits per heavy atom. The Labute approximate surface area is 126 Å². The number of rotatable bonds is 4. The quantitative estimate of drug-likeness (QED) is 0.852. The van der Waals surface area contributed by atoms with Crippen LogP contribution in [0.25, 0.3) is 0 Å². The first-order chi connectivity index (χ1) is 9.56. The Morgan fingerprint density at radius 2 is 1.75 bits per heavy atom. The van der Waals surface area contributed by atoms with E-state index in [4.69, 9.17) is 11.6 Å². The molecule has 1 aromatic rings. The molecule has 0 bridgehead atoms. The fourth-order valence-corrected chi connectivity index (χ4v) is 2.52. The zero-order chi connectivity index (χ0) is 14.5. The van der Waals surface area contributed by atoms with Gasteiger partial charge in [-0.3, -0.25) is 9.69 Å². The smallest absolute Gasteiger partial charge is 0.253 e. The van der Waals surface area contributed by atoms with Crippen molar-refractivity contribution in [2.24, 2.45) is 5.92 Å². The fraction of sp³-hybridized carbons (Fsp3) is 0.562. The van der Waals surface area contributed by atoms with Crippen LogP contribution >= 0.6 is 11.6 Å². The van der Waals surface area contributed by atoms with Crippen LogP contribution in [0.1, 0.15) is 30.6 Å². The van der Waals surface area contributed by atoms with Crippen LogP contribution in [0.3, 0.4) is 0 Å². The lowest BCUT2D eigenvalue weighted by molar-refractivity contribution is 0.0632. The number of carbonyl (C=O) groups is 1. The highest BCUT2D eigenvalue weighted by molar-refractivity contribution is 6.30. The van der Waals surface area contributed by atoms with E-state index in [1.807, 2.05) is 4.90 Å². The Hall–Kier alpha value is -1.06. The highest BCUT2D eigenvalue weighted by Crippen LogP contribution is 2.13. The minimum atomic E-state index is 0.116. The lowest BCUT2D eigenvalue weighted by Gasteiger charge is -2.35. The van der Waals surface area contributed by atoms with Gasteiger partial charge in [-0.2, -0.15) is 0 Å². The van der Waals surface area contributed by atoms with Gasteiger partial charge in [0.15, 0.2) is 0 Å². The minimum absolute atomic E-state index is 0.116. The molecular formula is C16H23ClN2O. The lowest BCUT2D eigenvalue weighted by Crippen LogP contribution is -2.48. The molecule has 1 saturated heterocycles. The molecule has 4 heteroatoms. The highest BCUT2D eigenvalue weighted by Gasteiger charge is 2.21. The molecule has 0 aliphatic carbocycles. The summed E-state index contributed by atoms with van der Waals surface area (Å²) in [4.78, 5) is 16.7. The van der Waals surface area contributed by atoms with Gasteiger partial charge in [0.25, 0.3) is 5.91 Å². The third-order valence-electron chi connectivity index (χ3n) is 3.77. The normalized spacial score (nSPS) is 16.7. The summed E-state index contributed by atoms with van der Waals surface area (Å²) in [7, 11) is 0. The first-order valence-electron chi connectivity index (χ1n) is 7.33. The molecule has 20 heavy (non-hydrogen) atoms. The topological polar surface area (TPSA) is 23.6 Å². The van der Waals surface area contributed by atoms with Crippen LogP contribution < -0.4 is 0 Å². The standard InChI is InChI=1S/C16H23ClN2O/c1-13(2)7-8-18-9-11-19(12-10-18)16(20)14-3-5-15(17)6-4-14/h3-6,13H,7-12H2,1-2H3. The van der Waals surface area contributed by atoms with Crippen LogP contribution in [0.15, 0.2) is 24.3 Å². The van der Waals surface area contributed by atoms with Crippen molar-refractivity contribution in [1.29, 1.82) is 0 Å². The van der Waals surface area contributed by atoms with Gasteiger partial charge in [-0.15, -0.1) is 0 Å². The SMILES string of the molecule is CC(C)CCN1CCN(C(=O)c2ccc(Cl)cc2)CC1. The second kappa shape index (κ2) is 7.09. The number of hydrogen-bond acceptors (Lipinski definition) is 2. The molecule has 0 spiro atoms. The molecule has 0 N–H and O–H groups in total. The lowest BCUT2D eigenvalue weighted by atomic mass is 10.1. The maximum absolute atomic E-state index is 12.3. The van der Waals surface area contributed by atoms with Crippen molar-refractivity contribution >= 4 is 17.5 Å². The predicted molar refractivity (Wildman–Crippen MR) is 83.3 cm³/mol. The van der Waals surface area contributed by atoms with Gasteiger partial charge in [0.05, 0.1) is 0 Å². The molecule has 0 saturated carbocycles. The summed E-state index contributed by atoms with van der Waals surface area (Å²) in [5, 5.41) is 0.667. The van der Waals surface area contributed by atoms with Gasteiger partial charge in [-0.1, -0.05) is 25.4 Å². The number of carbonyl (C=O) groups excluding carboxylic acids is 1. The molecule has 1 heterocycles. The van der Waals surface area contributed by atoms with E-state index in [-0.39, 0.29) is 5.91 Å².